The number of urea groups is 1. The number of esters is 1. The van der Waals surface area contributed by atoms with Crippen LogP contribution in [0.4, 0.5) is 14.9 Å². The normalized spacial score (nSPS) is 24.2. The molecule has 3 unspecified atom stereocenters. The van der Waals surface area contributed by atoms with Crippen LogP contribution < -0.4 is 15.5 Å². The van der Waals surface area contributed by atoms with Gasteiger partial charge in [0.05, 0.1) is 35.9 Å². The summed E-state index contributed by atoms with van der Waals surface area (Å²) in [5.41, 5.74) is -1.05. The number of hydrogen-bond acceptors (Lipinski definition) is 11. The zero-order valence-electron chi connectivity index (χ0n) is 20.5. The molecule has 6 rings (SSSR count). The van der Waals surface area contributed by atoms with E-state index in [1.165, 1.54) is 5.38 Å². The molecule has 2 saturated heterocycles. The van der Waals surface area contributed by atoms with Gasteiger partial charge in [0.1, 0.15) is 5.01 Å². The fraction of sp³-hybridized carbons (Fsp3) is 0.417. The van der Waals surface area contributed by atoms with Crippen LogP contribution in [0.15, 0.2) is 16.0 Å². The molecule has 2 fully saturated rings. The van der Waals surface area contributed by atoms with Crippen molar-refractivity contribution in [3.63, 3.8) is 0 Å². The van der Waals surface area contributed by atoms with Crippen LogP contribution in [-0.2, 0) is 25.5 Å². The topological polar surface area (TPSA) is 153 Å². The number of ether oxygens (including phenoxy) is 2. The van der Waals surface area contributed by atoms with Gasteiger partial charge >= 0.3 is 12.0 Å². The Labute approximate surface area is 218 Å². The summed E-state index contributed by atoms with van der Waals surface area (Å²) < 4.78 is 32.5. The van der Waals surface area contributed by atoms with Gasteiger partial charge in [-0.2, -0.15) is 0 Å². The molecule has 1 spiro atoms. The van der Waals surface area contributed by atoms with E-state index in [0.29, 0.717) is 10.6 Å². The van der Waals surface area contributed by atoms with E-state index in [4.69, 9.17) is 14.0 Å². The van der Waals surface area contributed by atoms with E-state index in [1.807, 2.05) is 6.92 Å². The Morgan fingerprint density at radius 1 is 1.29 bits per heavy atom. The van der Waals surface area contributed by atoms with Crippen LogP contribution in [0.25, 0.3) is 21.7 Å². The van der Waals surface area contributed by atoms with E-state index in [0.717, 1.165) is 11.3 Å². The zero-order chi connectivity index (χ0) is 26.9. The van der Waals surface area contributed by atoms with Crippen molar-refractivity contribution < 1.29 is 37.6 Å². The lowest BCUT2D eigenvalue weighted by Crippen LogP contribution is -2.75. The number of amides is 4. The number of thiazole rings is 1. The highest BCUT2D eigenvalue weighted by molar-refractivity contribution is 7.13. The van der Waals surface area contributed by atoms with Crippen molar-refractivity contribution in [3.05, 3.63) is 28.5 Å². The standard InChI is InChI=1S/C24H22FN5O7S/c1-4-35-20(31)13-8-38-19(26-13)15-12-5-11-6-24(21(32)27-23(34)28-22(24)33)18-10(3)36-9(2)7-30(18)16(11)14(25)17(12)37-29-15/h5,8-10,18H,4,6-7H2,1-3H3,(H2,27,28,32,33,34). The maximum absolute atomic E-state index is 16.2. The average Bonchev–Trinajstić information content (AvgIpc) is 3.49. The van der Waals surface area contributed by atoms with Crippen molar-refractivity contribution in [2.75, 3.05) is 18.1 Å². The maximum atomic E-state index is 16.2. The number of rotatable bonds is 3. The third kappa shape index (κ3) is 3.36. The van der Waals surface area contributed by atoms with E-state index in [9.17, 15) is 19.2 Å². The minimum absolute atomic E-state index is 0.0831. The zero-order valence-corrected chi connectivity index (χ0v) is 21.3. The molecule has 2 N–H and O–H groups in total. The van der Waals surface area contributed by atoms with Gasteiger partial charge in [0.15, 0.2) is 22.6 Å². The van der Waals surface area contributed by atoms with E-state index in [1.54, 1.807) is 24.8 Å². The second kappa shape index (κ2) is 8.56. The highest BCUT2D eigenvalue weighted by Crippen LogP contribution is 2.49. The molecule has 3 aliphatic heterocycles. The number of halogens is 1. The van der Waals surface area contributed by atoms with Crippen LogP contribution in [0.2, 0.25) is 0 Å². The monoisotopic (exact) mass is 543 g/mol. The first-order chi connectivity index (χ1) is 18.1. The van der Waals surface area contributed by atoms with E-state index >= 15 is 4.39 Å². The number of carbonyl (C=O) groups excluding carboxylic acids is 4. The van der Waals surface area contributed by atoms with E-state index in [-0.39, 0.29) is 53.7 Å². The number of morpholine rings is 1. The number of hydrogen-bond donors (Lipinski definition) is 2. The summed E-state index contributed by atoms with van der Waals surface area (Å²) in [5, 5.41) is 10.5. The molecule has 38 heavy (non-hydrogen) atoms. The van der Waals surface area contributed by atoms with Gasteiger partial charge in [0.2, 0.25) is 17.4 Å². The van der Waals surface area contributed by atoms with Gasteiger partial charge in [-0.25, -0.2) is 19.0 Å². The van der Waals surface area contributed by atoms with Crippen molar-refractivity contribution in [2.45, 2.75) is 45.4 Å². The van der Waals surface area contributed by atoms with Crippen molar-refractivity contribution in [1.29, 1.82) is 0 Å². The van der Waals surface area contributed by atoms with Gasteiger partial charge in [-0.3, -0.25) is 20.2 Å². The molecular weight excluding hydrogens is 521 g/mol. The summed E-state index contributed by atoms with van der Waals surface area (Å²) in [7, 11) is 0. The van der Waals surface area contributed by atoms with Crippen molar-refractivity contribution in [3.8, 4) is 10.7 Å². The van der Waals surface area contributed by atoms with Gasteiger partial charge in [0.25, 0.3) is 0 Å². The molecule has 0 radical (unpaired) electrons. The highest BCUT2D eigenvalue weighted by Gasteiger charge is 2.63. The Bertz CT molecular complexity index is 1510. The molecule has 3 atom stereocenters. The number of anilines is 1. The number of nitrogens with zero attached hydrogens (tertiary/aromatic N) is 3. The average molecular weight is 544 g/mol. The minimum Gasteiger partial charge on any atom is -0.461 e. The summed E-state index contributed by atoms with van der Waals surface area (Å²) in [6, 6.07) is -0.185. The summed E-state index contributed by atoms with van der Waals surface area (Å²) in [6.45, 7) is 5.58. The summed E-state index contributed by atoms with van der Waals surface area (Å²) >= 11 is 1.11. The lowest BCUT2D eigenvalue weighted by molar-refractivity contribution is -0.153. The van der Waals surface area contributed by atoms with E-state index < -0.39 is 47.2 Å². The quantitative estimate of drug-likeness (QED) is 0.371. The van der Waals surface area contributed by atoms with Crippen LogP contribution in [0, 0.1) is 11.2 Å². The molecule has 4 amide bonds. The third-order valence-corrected chi connectivity index (χ3v) is 8.01. The van der Waals surface area contributed by atoms with Gasteiger partial charge in [0, 0.05) is 18.3 Å². The van der Waals surface area contributed by atoms with Gasteiger partial charge in [-0.05, 0) is 32.4 Å². The lowest BCUT2D eigenvalue weighted by Gasteiger charge is -2.55. The Kier molecular flexibility index (Phi) is 5.50. The molecule has 0 bridgehead atoms. The first-order valence-electron chi connectivity index (χ1n) is 12.0. The molecule has 5 heterocycles. The number of aromatic nitrogens is 2. The Hall–Kier alpha value is -3.91. The fourth-order valence-corrected chi connectivity index (χ4v) is 6.57. The molecule has 1 aromatic carbocycles. The molecule has 0 aliphatic carbocycles. The molecular formula is C24H22FN5O7S. The summed E-state index contributed by atoms with van der Waals surface area (Å²) in [5.74, 6) is -2.85. The molecule has 2 aromatic heterocycles. The first-order valence-corrected chi connectivity index (χ1v) is 12.9. The van der Waals surface area contributed by atoms with Crippen molar-refractivity contribution >= 4 is 51.8 Å². The van der Waals surface area contributed by atoms with Gasteiger partial charge in [-0.15, -0.1) is 11.3 Å². The molecule has 198 valence electrons. The van der Waals surface area contributed by atoms with Crippen molar-refractivity contribution in [1.82, 2.24) is 20.8 Å². The smallest absolute Gasteiger partial charge is 0.357 e. The maximum Gasteiger partial charge on any atom is 0.357 e. The van der Waals surface area contributed by atoms with Crippen LogP contribution in [-0.4, -0.2) is 65.4 Å². The molecule has 12 nitrogen and oxygen atoms in total. The predicted molar refractivity (Wildman–Crippen MR) is 130 cm³/mol. The summed E-state index contributed by atoms with van der Waals surface area (Å²) in [4.78, 5) is 56.6. The largest absolute Gasteiger partial charge is 0.461 e. The molecule has 3 aromatic rings. The summed E-state index contributed by atoms with van der Waals surface area (Å²) in [6.07, 6.45) is -1.17. The number of nitrogens with one attached hydrogen (secondary N) is 2. The Morgan fingerprint density at radius 3 is 2.74 bits per heavy atom. The second-order valence-electron chi connectivity index (χ2n) is 9.50. The number of imide groups is 2. The van der Waals surface area contributed by atoms with Gasteiger partial charge < -0.3 is 18.9 Å². The fourth-order valence-electron chi connectivity index (χ4n) is 5.78. The second-order valence-corrected chi connectivity index (χ2v) is 10.4. The number of fused-ring (bicyclic) bond motifs is 5. The Balaban J connectivity index is 1.53. The predicted octanol–water partition coefficient (Wildman–Crippen LogP) is 2.16. The SMILES string of the molecule is CCOC(=O)c1csc(-c2noc3c(F)c4c(cc23)CC2(C(=O)NC(=O)NC2=O)C2C(C)OC(C)CN42)n1. The third-order valence-electron chi connectivity index (χ3n) is 7.16. The Morgan fingerprint density at radius 2 is 2.03 bits per heavy atom. The van der Waals surface area contributed by atoms with Crippen LogP contribution in [0.1, 0.15) is 36.8 Å². The van der Waals surface area contributed by atoms with E-state index in [2.05, 4.69) is 20.8 Å². The molecule has 14 heteroatoms. The first kappa shape index (κ1) is 24.4. The molecule has 3 aliphatic rings. The number of barbiturate groups is 1. The van der Waals surface area contributed by atoms with Crippen LogP contribution in [0.3, 0.4) is 0 Å². The number of carbonyl (C=O) groups is 4. The number of benzene rings is 1. The van der Waals surface area contributed by atoms with Crippen LogP contribution >= 0.6 is 11.3 Å². The van der Waals surface area contributed by atoms with Crippen molar-refractivity contribution in [2.24, 2.45) is 5.41 Å². The molecule has 0 saturated carbocycles. The van der Waals surface area contributed by atoms with Crippen LogP contribution in [0.5, 0.6) is 0 Å². The van der Waals surface area contributed by atoms with Gasteiger partial charge in [-0.1, -0.05) is 5.16 Å². The lowest BCUT2D eigenvalue weighted by atomic mass is 9.66. The highest BCUT2D eigenvalue weighted by atomic mass is 32.1. The minimum atomic E-state index is -1.75.